The molecule has 5 rings (SSSR count). The molecule has 166 valence electrons. The Kier molecular flexibility index (Phi) is 5.40. The summed E-state index contributed by atoms with van der Waals surface area (Å²) in [6.07, 6.45) is 1.88. The molecule has 0 saturated carbocycles. The van der Waals surface area contributed by atoms with Gasteiger partial charge in [0.2, 0.25) is 5.91 Å². The van der Waals surface area contributed by atoms with Crippen LogP contribution in [0.3, 0.4) is 0 Å². The number of fused-ring (bicyclic) bond motifs is 1. The standard InChI is InChI=1S/C26H24N4O3/c1-15-12-20(26(32)33)23-22(13-15)29-24(30-23)17-9-7-16(8-10-17)18-4-2-5-19(14-18)28-25(31)21-6-3-11-27-21/h2,4-5,7-10,12-14,21,27H,3,6,11H2,1H3,(H,28,31)(H,29,30)(H,32,33). The second-order valence-corrected chi connectivity index (χ2v) is 8.40. The molecule has 0 aliphatic carbocycles. The SMILES string of the molecule is Cc1cc(C(=O)O)c2nc(-c3ccc(-c4cccc(NC(=O)C5CCCN5)c4)cc3)[nH]c2c1. The maximum Gasteiger partial charge on any atom is 0.337 e. The Morgan fingerprint density at radius 1 is 1.03 bits per heavy atom. The van der Waals surface area contributed by atoms with Crippen LogP contribution in [0.2, 0.25) is 0 Å². The van der Waals surface area contributed by atoms with Gasteiger partial charge in [-0.2, -0.15) is 0 Å². The Morgan fingerprint density at radius 2 is 1.82 bits per heavy atom. The van der Waals surface area contributed by atoms with E-state index in [0.717, 1.165) is 47.3 Å². The zero-order chi connectivity index (χ0) is 22.9. The number of anilines is 1. The van der Waals surface area contributed by atoms with E-state index >= 15 is 0 Å². The second kappa shape index (κ2) is 8.52. The Morgan fingerprint density at radius 3 is 2.55 bits per heavy atom. The number of benzene rings is 3. The van der Waals surface area contributed by atoms with Crippen molar-refractivity contribution in [1.82, 2.24) is 15.3 Å². The zero-order valence-corrected chi connectivity index (χ0v) is 18.2. The molecule has 0 bridgehead atoms. The average Bonchev–Trinajstić information content (AvgIpc) is 3.49. The fourth-order valence-corrected chi connectivity index (χ4v) is 4.30. The molecule has 0 spiro atoms. The zero-order valence-electron chi connectivity index (χ0n) is 18.2. The van der Waals surface area contributed by atoms with Crippen molar-refractivity contribution in [2.24, 2.45) is 0 Å². The van der Waals surface area contributed by atoms with Crippen molar-refractivity contribution in [2.45, 2.75) is 25.8 Å². The predicted molar refractivity (Wildman–Crippen MR) is 128 cm³/mol. The van der Waals surface area contributed by atoms with E-state index in [2.05, 4.69) is 20.6 Å². The second-order valence-electron chi connectivity index (χ2n) is 8.40. The van der Waals surface area contributed by atoms with Gasteiger partial charge in [-0.3, -0.25) is 4.79 Å². The molecule has 1 atom stereocenters. The third-order valence-corrected chi connectivity index (χ3v) is 5.96. The van der Waals surface area contributed by atoms with Crippen LogP contribution in [-0.2, 0) is 4.79 Å². The number of aromatic nitrogens is 2. The first-order valence-corrected chi connectivity index (χ1v) is 11.0. The van der Waals surface area contributed by atoms with Crippen LogP contribution in [0.15, 0.2) is 60.7 Å². The summed E-state index contributed by atoms with van der Waals surface area (Å²) in [5, 5.41) is 15.7. The van der Waals surface area contributed by atoms with Crippen molar-refractivity contribution in [1.29, 1.82) is 0 Å². The summed E-state index contributed by atoms with van der Waals surface area (Å²) in [6.45, 7) is 2.74. The first kappa shape index (κ1) is 20.9. The molecule has 1 saturated heterocycles. The predicted octanol–water partition coefficient (Wildman–Crippen LogP) is 4.59. The molecule has 1 aromatic heterocycles. The van der Waals surface area contributed by atoms with Gasteiger partial charge in [-0.25, -0.2) is 9.78 Å². The van der Waals surface area contributed by atoms with E-state index in [9.17, 15) is 14.7 Å². The summed E-state index contributed by atoms with van der Waals surface area (Å²) >= 11 is 0. The molecule has 0 radical (unpaired) electrons. The van der Waals surface area contributed by atoms with Gasteiger partial charge in [-0.15, -0.1) is 0 Å². The molecule has 3 aromatic carbocycles. The number of hydrogen-bond donors (Lipinski definition) is 4. The first-order chi connectivity index (χ1) is 16.0. The molecule has 4 aromatic rings. The number of nitrogens with zero attached hydrogens (tertiary/aromatic N) is 1. The van der Waals surface area contributed by atoms with Crippen molar-refractivity contribution in [3.63, 3.8) is 0 Å². The number of imidazole rings is 1. The van der Waals surface area contributed by atoms with E-state index in [4.69, 9.17) is 0 Å². The summed E-state index contributed by atoms with van der Waals surface area (Å²) in [5.74, 6) is -0.372. The van der Waals surface area contributed by atoms with E-state index in [0.29, 0.717) is 16.9 Å². The highest BCUT2D eigenvalue weighted by molar-refractivity contribution is 6.02. The van der Waals surface area contributed by atoms with Gasteiger partial charge in [-0.05, 0) is 67.3 Å². The summed E-state index contributed by atoms with van der Waals surface area (Å²) in [7, 11) is 0. The fraction of sp³-hybridized carbons (Fsp3) is 0.192. The van der Waals surface area contributed by atoms with Gasteiger partial charge in [0.05, 0.1) is 17.1 Å². The maximum absolute atomic E-state index is 12.4. The van der Waals surface area contributed by atoms with Gasteiger partial charge in [0.25, 0.3) is 0 Å². The first-order valence-electron chi connectivity index (χ1n) is 11.0. The smallest absolute Gasteiger partial charge is 0.337 e. The Hall–Kier alpha value is -3.97. The molecular weight excluding hydrogens is 416 g/mol. The Labute approximate surface area is 190 Å². The molecule has 4 N–H and O–H groups in total. The highest BCUT2D eigenvalue weighted by Gasteiger charge is 2.22. The number of carbonyl (C=O) groups excluding carboxylic acids is 1. The third kappa shape index (κ3) is 4.23. The average molecular weight is 441 g/mol. The lowest BCUT2D eigenvalue weighted by Crippen LogP contribution is -2.35. The van der Waals surface area contributed by atoms with Crippen LogP contribution < -0.4 is 10.6 Å². The molecule has 7 nitrogen and oxygen atoms in total. The van der Waals surface area contributed by atoms with E-state index in [-0.39, 0.29) is 17.5 Å². The third-order valence-electron chi connectivity index (χ3n) is 5.96. The fourth-order valence-electron chi connectivity index (χ4n) is 4.30. The lowest BCUT2D eigenvalue weighted by Gasteiger charge is -2.12. The number of aromatic carboxylic acids is 1. The quantitative estimate of drug-likeness (QED) is 0.363. The molecule has 1 unspecified atom stereocenters. The number of carbonyl (C=O) groups is 2. The van der Waals surface area contributed by atoms with Crippen LogP contribution in [-0.4, -0.2) is 39.5 Å². The molecular formula is C26H24N4O3. The van der Waals surface area contributed by atoms with Gasteiger partial charge in [0.1, 0.15) is 11.3 Å². The van der Waals surface area contributed by atoms with Crippen molar-refractivity contribution >= 4 is 28.6 Å². The van der Waals surface area contributed by atoms with Crippen molar-refractivity contribution in [3.8, 4) is 22.5 Å². The van der Waals surface area contributed by atoms with Crippen LogP contribution in [0.4, 0.5) is 5.69 Å². The molecule has 1 amide bonds. The number of rotatable bonds is 5. The minimum absolute atomic E-state index is 0.000787. The number of carboxylic acids is 1. The molecule has 2 heterocycles. The highest BCUT2D eigenvalue weighted by Crippen LogP contribution is 2.28. The molecule has 33 heavy (non-hydrogen) atoms. The van der Waals surface area contributed by atoms with Gasteiger partial charge in [-0.1, -0.05) is 36.4 Å². The number of aromatic amines is 1. The number of nitrogens with one attached hydrogen (secondary N) is 3. The number of hydrogen-bond acceptors (Lipinski definition) is 4. The highest BCUT2D eigenvalue weighted by atomic mass is 16.4. The maximum atomic E-state index is 12.4. The number of aryl methyl sites for hydroxylation is 1. The van der Waals surface area contributed by atoms with Crippen molar-refractivity contribution < 1.29 is 14.7 Å². The molecule has 1 aliphatic rings. The summed E-state index contributed by atoms with van der Waals surface area (Å²) in [5.41, 5.74) is 5.83. The van der Waals surface area contributed by atoms with Crippen LogP contribution in [0.1, 0.15) is 28.8 Å². The van der Waals surface area contributed by atoms with Crippen LogP contribution in [0.25, 0.3) is 33.5 Å². The molecule has 1 fully saturated rings. The number of H-pyrrole nitrogens is 1. The van der Waals surface area contributed by atoms with Crippen molar-refractivity contribution in [2.75, 3.05) is 11.9 Å². The lowest BCUT2D eigenvalue weighted by molar-refractivity contribution is -0.117. The Bertz CT molecular complexity index is 1350. The minimum atomic E-state index is -0.993. The topological polar surface area (TPSA) is 107 Å². The van der Waals surface area contributed by atoms with Gasteiger partial charge in [0, 0.05) is 11.3 Å². The van der Waals surface area contributed by atoms with Gasteiger partial charge in [0.15, 0.2) is 0 Å². The normalized spacial score (nSPS) is 15.6. The largest absolute Gasteiger partial charge is 0.478 e. The van der Waals surface area contributed by atoms with E-state index in [1.54, 1.807) is 6.07 Å². The minimum Gasteiger partial charge on any atom is -0.478 e. The number of carboxylic acid groups (broad SMARTS) is 1. The van der Waals surface area contributed by atoms with Crippen LogP contribution >= 0.6 is 0 Å². The van der Waals surface area contributed by atoms with Crippen LogP contribution in [0, 0.1) is 6.92 Å². The summed E-state index contributed by atoms with van der Waals surface area (Å²) in [6, 6.07) is 19.1. The van der Waals surface area contributed by atoms with Gasteiger partial charge < -0.3 is 20.7 Å². The monoisotopic (exact) mass is 440 g/mol. The van der Waals surface area contributed by atoms with Gasteiger partial charge >= 0.3 is 5.97 Å². The summed E-state index contributed by atoms with van der Waals surface area (Å²) < 4.78 is 0. The van der Waals surface area contributed by atoms with E-state index in [1.165, 1.54) is 0 Å². The summed E-state index contributed by atoms with van der Waals surface area (Å²) in [4.78, 5) is 31.8. The number of amides is 1. The lowest BCUT2D eigenvalue weighted by atomic mass is 10.0. The molecule has 1 aliphatic heterocycles. The molecule has 7 heteroatoms. The van der Waals surface area contributed by atoms with Crippen molar-refractivity contribution in [3.05, 3.63) is 71.8 Å². The Balaban J connectivity index is 1.39. The van der Waals surface area contributed by atoms with E-state index in [1.807, 2.05) is 61.5 Å². The van der Waals surface area contributed by atoms with Crippen LogP contribution in [0.5, 0.6) is 0 Å². The van der Waals surface area contributed by atoms with E-state index < -0.39 is 5.97 Å².